The van der Waals surface area contributed by atoms with Crippen molar-refractivity contribution in [3.05, 3.63) is 64.3 Å². The summed E-state index contributed by atoms with van der Waals surface area (Å²) in [5.41, 5.74) is 1.61. The van der Waals surface area contributed by atoms with Crippen LogP contribution in [0.4, 0.5) is 4.39 Å². The molecular weight excluding hydrogens is 543 g/mol. The fraction of sp³-hybridized carbons (Fsp3) is 0.348. The van der Waals surface area contributed by atoms with Gasteiger partial charge in [-0.15, -0.1) is 0 Å². The van der Waals surface area contributed by atoms with Crippen LogP contribution >= 0.6 is 15.9 Å². The van der Waals surface area contributed by atoms with Crippen molar-refractivity contribution in [2.45, 2.75) is 43.7 Å². The fourth-order valence-electron chi connectivity index (χ4n) is 4.01. The molecule has 0 amide bonds. The maximum atomic E-state index is 13.5. The van der Waals surface area contributed by atoms with Crippen molar-refractivity contribution in [3.8, 4) is 11.6 Å². The Morgan fingerprint density at radius 1 is 1.29 bits per heavy atom. The van der Waals surface area contributed by atoms with E-state index in [1.807, 2.05) is 0 Å². The predicted molar refractivity (Wildman–Crippen MR) is 128 cm³/mol. The van der Waals surface area contributed by atoms with Gasteiger partial charge < -0.3 is 9.47 Å². The van der Waals surface area contributed by atoms with Crippen molar-refractivity contribution < 1.29 is 27.1 Å². The van der Waals surface area contributed by atoms with Gasteiger partial charge in [0.1, 0.15) is 23.0 Å². The van der Waals surface area contributed by atoms with Crippen LogP contribution < -0.4 is 4.74 Å². The quantitative estimate of drug-likeness (QED) is 0.376. The van der Waals surface area contributed by atoms with E-state index in [2.05, 4.69) is 26.0 Å². The van der Waals surface area contributed by atoms with Gasteiger partial charge in [-0.1, -0.05) is 0 Å². The van der Waals surface area contributed by atoms with Gasteiger partial charge in [-0.25, -0.2) is 17.8 Å². The third-order valence-corrected chi connectivity index (χ3v) is 8.14. The largest absolute Gasteiger partial charge is 0.465 e. The standard InChI is InChI=1S/C23H24BrFN4O5S/c1-3-33-22(30)14-29-21-6-4-5-20(18(21)13-27-29)28(2)35(31,32)17-11-19(24)23(26-12-17)34-16-9-7-15(25)8-10-16/h7-13,20H,3-6,14H2,1-2H3. The third kappa shape index (κ3) is 5.39. The Morgan fingerprint density at radius 3 is 2.71 bits per heavy atom. The highest BCUT2D eigenvalue weighted by atomic mass is 79.9. The van der Waals surface area contributed by atoms with E-state index in [0.717, 1.165) is 17.7 Å². The number of ether oxygens (including phenoxy) is 2. The second-order valence-corrected chi connectivity index (χ2v) is 10.8. The zero-order valence-corrected chi connectivity index (χ0v) is 21.6. The monoisotopic (exact) mass is 566 g/mol. The number of aromatic nitrogens is 3. The van der Waals surface area contributed by atoms with Crippen molar-refractivity contribution in [1.82, 2.24) is 19.1 Å². The molecule has 12 heteroatoms. The minimum Gasteiger partial charge on any atom is -0.465 e. The van der Waals surface area contributed by atoms with E-state index >= 15 is 0 Å². The number of hydrogen-bond acceptors (Lipinski definition) is 7. The van der Waals surface area contributed by atoms with E-state index in [-0.39, 0.29) is 29.9 Å². The Kier molecular flexibility index (Phi) is 7.53. The fourth-order valence-corrected chi connectivity index (χ4v) is 5.93. The van der Waals surface area contributed by atoms with E-state index in [9.17, 15) is 17.6 Å². The Balaban J connectivity index is 1.56. The van der Waals surface area contributed by atoms with Crippen LogP contribution in [0.15, 0.2) is 52.1 Å². The average Bonchev–Trinajstić information content (AvgIpc) is 3.24. The van der Waals surface area contributed by atoms with E-state index in [1.54, 1.807) is 17.8 Å². The third-order valence-electron chi connectivity index (χ3n) is 5.74. The smallest absolute Gasteiger partial charge is 0.327 e. The summed E-state index contributed by atoms with van der Waals surface area (Å²) in [7, 11) is -2.39. The predicted octanol–water partition coefficient (Wildman–Crippen LogP) is 4.23. The number of hydrogen-bond donors (Lipinski definition) is 0. The van der Waals surface area contributed by atoms with E-state index in [4.69, 9.17) is 9.47 Å². The zero-order valence-electron chi connectivity index (χ0n) is 19.1. The molecule has 2 aromatic heterocycles. The average molecular weight is 567 g/mol. The number of carbonyl (C=O) groups excluding carboxylic acids is 1. The summed E-state index contributed by atoms with van der Waals surface area (Å²) in [6.07, 6.45) is 4.91. The molecule has 3 aromatic rings. The zero-order chi connectivity index (χ0) is 25.2. The molecule has 35 heavy (non-hydrogen) atoms. The number of benzene rings is 1. The second-order valence-electron chi connectivity index (χ2n) is 7.95. The molecule has 1 unspecified atom stereocenters. The Labute approximate surface area is 211 Å². The van der Waals surface area contributed by atoms with Crippen LogP contribution in [0.1, 0.15) is 37.1 Å². The first-order valence-corrected chi connectivity index (χ1v) is 13.2. The van der Waals surface area contributed by atoms with Crippen molar-refractivity contribution in [3.63, 3.8) is 0 Å². The summed E-state index contributed by atoms with van der Waals surface area (Å²) < 4.78 is 53.9. The lowest BCUT2D eigenvalue weighted by Gasteiger charge is -2.30. The van der Waals surface area contributed by atoms with Gasteiger partial charge in [0.25, 0.3) is 0 Å². The highest BCUT2D eigenvalue weighted by molar-refractivity contribution is 9.10. The molecule has 1 aromatic carbocycles. The van der Waals surface area contributed by atoms with Crippen LogP contribution in [0.3, 0.4) is 0 Å². The summed E-state index contributed by atoms with van der Waals surface area (Å²) in [4.78, 5) is 16.1. The molecule has 0 spiro atoms. The van der Waals surface area contributed by atoms with Crippen molar-refractivity contribution in [2.24, 2.45) is 0 Å². The molecule has 2 heterocycles. The summed E-state index contributed by atoms with van der Waals surface area (Å²) in [5.74, 6) is -0.271. The van der Waals surface area contributed by atoms with E-state index in [1.165, 1.54) is 47.9 Å². The molecule has 9 nitrogen and oxygen atoms in total. The normalized spacial score (nSPS) is 15.6. The van der Waals surface area contributed by atoms with Gasteiger partial charge in [-0.2, -0.15) is 9.40 Å². The molecule has 0 radical (unpaired) electrons. The van der Waals surface area contributed by atoms with Crippen LogP contribution in [0.2, 0.25) is 0 Å². The minimum atomic E-state index is -3.91. The topological polar surface area (TPSA) is 104 Å². The molecule has 0 saturated heterocycles. The maximum Gasteiger partial charge on any atom is 0.327 e. The summed E-state index contributed by atoms with van der Waals surface area (Å²) >= 11 is 3.32. The molecule has 1 aliphatic carbocycles. The number of nitrogens with zero attached hydrogens (tertiary/aromatic N) is 4. The Bertz CT molecular complexity index is 1330. The lowest BCUT2D eigenvalue weighted by Crippen LogP contribution is -2.33. The number of sulfonamides is 1. The Morgan fingerprint density at radius 2 is 2.03 bits per heavy atom. The van der Waals surface area contributed by atoms with Gasteiger partial charge >= 0.3 is 5.97 Å². The molecule has 0 bridgehead atoms. The highest BCUT2D eigenvalue weighted by Gasteiger charge is 2.35. The van der Waals surface area contributed by atoms with Crippen molar-refractivity contribution in [1.29, 1.82) is 0 Å². The summed E-state index contributed by atoms with van der Waals surface area (Å²) in [6, 6.07) is 6.39. The molecule has 186 valence electrons. The molecule has 1 atom stereocenters. The summed E-state index contributed by atoms with van der Waals surface area (Å²) in [5, 5.41) is 4.31. The van der Waals surface area contributed by atoms with Gasteiger partial charge in [-0.3, -0.25) is 9.48 Å². The van der Waals surface area contributed by atoms with E-state index < -0.39 is 21.9 Å². The molecule has 1 aliphatic rings. The molecule has 0 aliphatic heterocycles. The number of carbonyl (C=O) groups is 1. The van der Waals surface area contributed by atoms with Crippen LogP contribution in [0, 0.1) is 5.82 Å². The first-order chi connectivity index (χ1) is 16.7. The number of halogens is 2. The molecule has 0 saturated carbocycles. The number of esters is 1. The number of pyridine rings is 1. The van der Waals surface area contributed by atoms with Crippen LogP contribution in [-0.2, 0) is 32.5 Å². The second kappa shape index (κ2) is 10.4. The maximum absolute atomic E-state index is 13.5. The number of rotatable bonds is 8. The van der Waals surface area contributed by atoms with Gasteiger partial charge in [-0.05, 0) is 72.4 Å². The molecular formula is C23H24BrFN4O5S. The van der Waals surface area contributed by atoms with Gasteiger partial charge in [0.2, 0.25) is 15.9 Å². The number of fused-ring (bicyclic) bond motifs is 1. The van der Waals surface area contributed by atoms with E-state index in [0.29, 0.717) is 23.1 Å². The van der Waals surface area contributed by atoms with Gasteiger partial charge in [0, 0.05) is 18.3 Å². The molecule has 0 fully saturated rings. The Hall–Kier alpha value is -2.83. The molecule has 0 N–H and O–H groups in total. The van der Waals surface area contributed by atoms with Crippen LogP contribution in [-0.4, -0.2) is 47.1 Å². The van der Waals surface area contributed by atoms with Gasteiger partial charge in [0.05, 0.1) is 29.5 Å². The minimum absolute atomic E-state index is 0.00984. The van der Waals surface area contributed by atoms with Crippen molar-refractivity contribution >= 4 is 31.9 Å². The highest BCUT2D eigenvalue weighted by Crippen LogP contribution is 2.37. The van der Waals surface area contributed by atoms with Crippen molar-refractivity contribution in [2.75, 3.05) is 13.7 Å². The SMILES string of the molecule is CCOC(=O)Cn1ncc2c1CCCC2N(C)S(=O)(=O)c1cnc(Oc2ccc(F)cc2)c(Br)c1. The molecule has 4 rings (SSSR count). The lowest BCUT2D eigenvalue weighted by atomic mass is 9.93. The van der Waals surface area contributed by atoms with Gasteiger partial charge in [0.15, 0.2) is 0 Å². The van der Waals surface area contributed by atoms with Crippen LogP contribution in [0.25, 0.3) is 0 Å². The lowest BCUT2D eigenvalue weighted by molar-refractivity contribution is -0.144. The summed E-state index contributed by atoms with van der Waals surface area (Å²) in [6.45, 7) is 2.00. The first-order valence-electron chi connectivity index (χ1n) is 11.0. The first kappa shape index (κ1) is 25.3. The van der Waals surface area contributed by atoms with Crippen LogP contribution in [0.5, 0.6) is 11.6 Å².